The zero-order valence-electron chi connectivity index (χ0n) is 17.4. The number of aromatic nitrogens is 1. The minimum Gasteiger partial charge on any atom is -0.337 e. The van der Waals surface area contributed by atoms with Gasteiger partial charge in [-0.2, -0.15) is 0 Å². The standard InChI is InChI=1S/C25H26FN3O2/c26-20-8-3-5-17(13-20)16-29-22-10-9-21(27-24(30)18-6-4-7-18)14-19(22)15-23(29)25(31)28-11-1-2-12-28/h3,5,8-10,13-15,18H,1-2,4,6-7,11-12,16H2,(H,27,30). The van der Waals surface area contributed by atoms with E-state index in [4.69, 9.17) is 0 Å². The number of benzene rings is 2. The lowest BCUT2D eigenvalue weighted by molar-refractivity contribution is -0.122. The predicted octanol–water partition coefficient (Wildman–Crippen LogP) is 4.80. The third-order valence-corrected chi connectivity index (χ3v) is 6.49. The highest BCUT2D eigenvalue weighted by molar-refractivity contribution is 6.01. The first-order chi connectivity index (χ1) is 15.1. The Balaban J connectivity index is 1.51. The molecule has 1 saturated heterocycles. The van der Waals surface area contributed by atoms with Crippen molar-refractivity contribution < 1.29 is 14.0 Å². The van der Waals surface area contributed by atoms with Crippen molar-refractivity contribution in [3.8, 4) is 0 Å². The molecule has 5 rings (SSSR count). The summed E-state index contributed by atoms with van der Waals surface area (Å²) in [4.78, 5) is 27.5. The number of fused-ring (bicyclic) bond motifs is 1. The highest BCUT2D eigenvalue weighted by Crippen LogP contribution is 2.30. The van der Waals surface area contributed by atoms with Crippen LogP contribution in [0.15, 0.2) is 48.5 Å². The smallest absolute Gasteiger partial charge is 0.270 e. The Morgan fingerprint density at radius 2 is 1.81 bits per heavy atom. The molecule has 1 N–H and O–H groups in total. The molecule has 160 valence electrons. The number of nitrogens with zero attached hydrogens (tertiary/aromatic N) is 2. The number of halogens is 1. The zero-order valence-corrected chi connectivity index (χ0v) is 17.4. The van der Waals surface area contributed by atoms with Crippen LogP contribution in [0.25, 0.3) is 10.9 Å². The summed E-state index contributed by atoms with van der Waals surface area (Å²) in [6.07, 6.45) is 5.06. The van der Waals surface area contributed by atoms with E-state index in [1.165, 1.54) is 12.1 Å². The molecule has 0 atom stereocenters. The van der Waals surface area contributed by atoms with Crippen LogP contribution >= 0.6 is 0 Å². The minimum atomic E-state index is -0.289. The summed E-state index contributed by atoms with van der Waals surface area (Å²) in [5.74, 6) is -0.105. The molecule has 0 spiro atoms. The molecule has 2 aromatic carbocycles. The van der Waals surface area contributed by atoms with Gasteiger partial charge in [0.15, 0.2) is 0 Å². The highest BCUT2D eigenvalue weighted by Gasteiger charge is 2.26. The molecule has 1 aliphatic carbocycles. The molecule has 0 radical (unpaired) electrons. The van der Waals surface area contributed by atoms with Gasteiger partial charge in [-0.25, -0.2) is 4.39 Å². The Bertz CT molecular complexity index is 1140. The molecule has 1 aromatic heterocycles. The Kier molecular flexibility index (Phi) is 5.22. The van der Waals surface area contributed by atoms with Gasteiger partial charge in [-0.05, 0) is 67.6 Å². The maximum absolute atomic E-state index is 13.8. The lowest BCUT2D eigenvalue weighted by Crippen LogP contribution is -2.29. The van der Waals surface area contributed by atoms with Crippen molar-refractivity contribution in [1.82, 2.24) is 9.47 Å². The number of hydrogen-bond donors (Lipinski definition) is 1. The summed E-state index contributed by atoms with van der Waals surface area (Å²) >= 11 is 0. The van der Waals surface area contributed by atoms with E-state index in [2.05, 4.69) is 5.32 Å². The first-order valence-corrected chi connectivity index (χ1v) is 11.1. The van der Waals surface area contributed by atoms with E-state index in [-0.39, 0.29) is 23.5 Å². The molecule has 2 amide bonds. The molecule has 2 aliphatic rings. The predicted molar refractivity (Wildman–Crippen MR) is 119 cm³/mol. The molecule has 3 aromatic rings. The number of hydrogen-bond acceptors (Lipinski definition) is 2. The largest absolute Gasteiger partial charge is 0.337 e. The van der Waals surface area contributed by atoms with Crippen LogP contribution in [-0.2, 0) is 11.3 Å². The topological polar surface area (TPSA) is 54.3 Å². The van der Waals surface area contributed by atoms with Crippen LogP contribution in [0.1, 0.15) is 48.2 Å². The molecule has 2 heterocycles. The van der Waals surface area contributed by atoms with E-state index in [0.29, 0.717) is 12.2 Å². The molecular weight excluding hydrogens is 393 g/mol. The van der Waals surface area contributed by atoms with Gasteiger partial charge in [-0.15, -0.1) is 0 Å². The van der Waals surface area contributed by atoms with E-state index < -0.39 is 0 Å². The fraction of sp³-hybridized carbons (Fsp3) is 0.360. The van der Waals surface area contributed by atoms with Crippen LogP contribution < -0.4 is 5.32 Å². The Morgan fingerprint density at radius 3 is 2.52 bits per heavy atom. The van der Waals surface area contributed by atoms with E-state index in [9.17, 15) is 14.0 Å². The fourth-order valence-electron chi connectivity index (χ4n) is 4.51. The summed E-state index contributed by atoms with van der Waals surface area (Å²) in [7, 11) is 0. The molecule has 0 bridgehead atoms. The second kappa shape index (κ2) is 8.17. The Morgan fingerprint density at radius 1 is 1.00 bits per heavy atom. The quantitative estimate of drug-likeness (QED) is 0.646. The van der Waals surface area contributed by atoms with E-state index in [0.717, 1.165) is 67.3 Å². The van der Waals surface area contributed by atoms with Crippen LogP contribution in [0.3, 0.4) is 0 Å². The maximum Gasteiger partial charge on any atom is 0.270 e. The van der Waals surface area contributed by atoms with Gasteiger partial charge in [0, 0.05) is 42.1 Å². The zero-order chi connectivity index (χ0) is 21.4. The third-order valence-electron chi connectivity index (χ3n) is 6.49. The van der Waals surface area contributed by atoms with Crippen molar-refractivity contribution in [3.63, 3.8) is 0 Å². The van der Waals surface area contributed by atoms with Gasteiger partial charge in [-0.1, -0.05) is 18.6 Å². The van der Waals surface area contributed by atoms with Crippen LogP contribution in [0, 0.1) is 11.7 Å². The second-order valence-corrected chi connectivity index (χ2v) is 8.64. The first kappa shape index (κ1) is 19.8. The van der Waals surface area contributed by atoms with Crippen molar-refractivity contribution in [2.45, 2.75) is 38.6 Å². The normalized spacial score (nSPS) is 16.5. The van der Waals surface area contributed by atoms with Gasteiger partial charge in [-0.3, -0.25) is 9.59 Å². The van der Waals surface area contributed by atoms with E-state index in [1.807, 2.05) is 39.8 Å². The molecule has 31 heavy (non-hydrogen) atoms. The maximum atomic E-state index is 13.8. The lowest BCUT2D eigenvalue weighted by atomic mass is 9.85. The van der Waals surface area contributed by atoms with Crippen LogP contribution in [-0.4, -0.2) is 34.4 Å². The van der Waals surface area contributed by atoms with Crippen LogP contribution in [0.5, 0.6) is 0 Å². The second-order valence-electron chi connectivity index (χ2n) is 8.64. The van der Waals surface area contributed by atoms with Gasteiger partial charge in [0.2, 0.25) is 5.91 Å². The molecule has 2 fully saturated rings. The Hall–Kier alpha value is -3.15. The Labute approximate surface area is 180 Å². The van der Waals surface area contributed by atoms with Crippen LogP contribution in [0.2, 0.25) is 0 Å². The minimum absolute atomic E-state index is 0.00477. The number of carbonyl (C=O) groups excluding carboxylic acids is 2. The molecule has 1 aliphatic heterocycles. The summed E-state index contributed by atoms with van der Waals surface area (Å²) < 4.78 is 15.7. The number of carbonyl (C=O) groups is 2. The monoisotopic (exact) mass is 419 g/mol. The van der Waals surface area contributed by atoms with Crippen molar-refractivity contribution in [2.24, 2.45) is 5.92 Å². The summed E-state index contributed by atoms with van der Waals surface area (Å²) in [6, 6.07) is 14.1. The molecule has 0 unspecified atom stereocenters. The molecule has 1 saturated carbocycles. The van der Waals surface area contributed by atoms with Crippen molar-refractivity contribution >= 4 is 28.4 Å². The SMILES string of the molecule is O=C(Nc1ccc2c(c1)cc(C(=O)N1CCCC1)n2Cc1cccc(F)c1)C1CCC1. The van der Waals surface area contributed by atoms with Gasteiger partial charge < -0.3 is 14.8 Å². The first-order valence-electron chi connectivity index (χ1n) is 11.1. The fourth-order valence-corrected chi connectivity index (χ4v) is 4.51. The average Bonchev–Trinajstić information content (AvgIpc) is 3.35. The van der Waals surface area contributed by atoms with Gasteiger partial charge in [0.25, 0.3) is 5.91 Å². The number of rotatable bonds is 5. The van der Waals surface area contributed by atoms with Gasteiger partial charge in [0.1, 0.15) is 11.5 Å². The van der Waals surface area contributed by atoms with E-state index in [1.54, 1.807) is 6.07 Å². The number of nitrogens with one attached hydrogen (secondary N) is 1. The average molecular weight is 420 g/mol. The van der Waals surface area contributed by atoms with Crippen molar-refractivity contribution in [1.29, 1.82) is 0 Å². The lowest BCUT2D eigenvalue weighted by Gasteiger charge is -2.24. The number of likely N-dealkylation sites (tertiary alicyclic amines) is 1. The van der Waals surface area contributed by atoms with Gasteiger partial charge >= 0.3 is 0 Å². The molecular formula is C25H26FN3O2. The summed E-state index contributed by atoms with van der Waals surface area (Å²) in [5.41, 5.74) is 3.04. The van der Waals surface area contributed by atoms with Gasteiger partial charge in [0.05, 0.1) is 0 Å². The highest BCUT2D eigenvalue weighted by atomic mass is 19.1. The van der Waals surface area contributed by atoms with Crippen LogP contribution in [0.4, 0.5) is 10.1 Å². The van der Waals surface area contributed by atoms with E-state index >= 15 is 0 Å². The third kappa shape index (κ3) is 3.94. The number of anilines is 1. The summed E-state index contributed by atoms with van der Waals surface area (Å²) in [5, 5.41) is 3.91. The van der Waals surface area contributed by atoms with Crippen molar-refractivity contribution in [3.05, 3.63) is 65.6 Å². The molecule has 5 nitrogen and oxygen atoms in total. The number of amides is 2. The van der Waals surface area contributed by atoms with Crippen molar-refractivity contribution in [2.75, 3.05) is 18.4 Å². The summed E-state index contributed by atoms with van der Waals surface area (Å²) in [6.45, 7) is 1.94. The molecule has 6 heteroatoms.